The first-order valence-electron chi connectivity index (χ1n) is 8.21. The van der Waals surface area contributed by atoms with E-state index in [-0.39, 0.29) is 27.1 Å². The molecule has 144 valence electrons. The number of amides is 1. The number of benzene rings is 3. The van der Waals surface area contributed by atoms with Gasteiger partial charge in [0.25, 0.3) is 15.9 Å². The van der Waals surface area contributed by atoms with Gasteiger partial charge < -0.3 is 5.32 Å². The molecule has 0 fully saturated rings. The summed E-state index contributed by atoms with van der Waals surface area (Å²) >= 11 is 9.63. The Morgan fingerprint density at radius 2 is 1.64 bits per heavy atom. The van der Waals surface area contributed by atoms with Gasteiger partial charge >= 0.3 is 0 Å². The molecule has 0 heterocycles. The molecule has 0 bridgehead atoms. The summed E-state index contributed by atoms with van der Waals surface area (Å²) in [6.07, 6.45) is 0. The molecule has 0 aliphatic rings. The minimum atomic E-state index is -3.73. The minimum absolute atomic E-state index is 0.138. The molecule has 0 aliphatic carbocycles. The van der Waals surface area contributed by atoms with Crippen molar-refractivity contribution in [2.45, 2.75) is 11.8 Å². The molecule has 2 N–H and O–H groups in total. The Hall–Kier alpha value is -2.35. The van der Waals surface area contributed by atoms with E-state index in [1.807, 2.05) is 19.1 Å². The van der Waals surface area contributed by atoms with Gasteiger partial charge in [0.15, 0.2) is 0 Å². The first-order valence-corrected chi connectivity index (χ1v) is 10.9. The summed E-state index contributed by atoms with van der Waals surface area (Å²) in [7, 11) is -3.73. The Labute approximate surface area is 176 Å². The molecular formula is C20H16BrClN2O3S. The molecule has 0 spiro atoms. The van der Waals surface area contributed by atoms with Crippen LogP contribution in [0, 0.1) is 6.92 Å². The lowest BCUT2D eigenvalue weighted by Gasteiger charge is -2.11. The van der Waals surface area contributed by atoms with Crippen molar-refractivity contribution < 1.29 is 13.2 Å². The fraction of sp³-hybridized carbons (Fsp3) is 0.0500. The van der Waals surface area contributed by atoms with Crippen LogP contribution in [0.4, 0.5) is 11.4 Å². The molecule has 0 radical (unpaired) electrons. The summed E-state index contributed by atoms with van der Waals surface area (Å²) in [5.74, 6) is -0.385. The van der Waals surface area contributed by atoms with Gasteiger partial charge in [0.2, 0.25) is 0 Å². The van der Waals surface area contributed by atoms with Gasteiger partial charge in [-0.2, -0.15) is 0 Å². The predicted molar refractivity (Wildman–Crippen MR) is 116 cm³/mol. The van der Waals surface area contributed by atoms with E-state index in [9.17, 15) is 13.2 Å². The number of anilines is 2. The number of aryl methyl sites for hydroxylation is 1. The summed E-state index contributed by atoms with van der Waals surface area (Å²) in [6, 6.07) is 17.8. The number of halogens is 2. The van der Waals surface area contributed by atoms with Crippen LogP contribution in [-0.2, 0) is 10.0 Å². The van der Waals surface area contributed by atoms with Crippen molar-refractivity contribution in [2.24, 2.45) is 0 Å². The lowest BCUT2D eigenvalue weighted by Crippen LogP contribution is -2.15. The summed E-state index contributed by atoms with van der Waals surface area (Å²) in [5.41, 5.74) is 2.12. The zero-order valence-corrected chi connectivity index (χ0v) is 17.9. The van der Waals surface area contributed by atoms with Crippen LogP contribution in [0.25, 0.3) is 0 Å². The number of carbonyl (C=O) groups excluding carboxylic acids is 1. The fourth-order valence-electron chi connectivity index (χ4n) is 2.50. The summed E-state index contributed by atoms with van der Waals surface area (Å²) in [6.45, 7) is 1.92. The van der Waals surface area contributed by atoms with E-state index in [0.29, 0.717) is 5.69 Å². The molecule has 5 nitrogen and oxygen atoms in total. The van der Waals surface area contributed by atoms with E-state index in [0.717, 1.165) is 10.0 Å². The van der Waals surface area contributed by atoms with Gasteiger partial charge in [0.1, 0.15) is 0 Å². The third-order valence-electron chi connectivity index (χ3n) is 3.94. The van der Waals surface area contributed by atoms with Crippen LogP contribution in [0.2, 0.25) is 5.02 Å². The average Bonchev–Trinajstić information content (AvgIpc) is 2.65. The third-order valence-corrected chi connectivity index (χ3v) is 6.53. The zero-order valence-electron chi connectivity index (χ0n) is 14.7. The SMILES string of the molecule is Cc1cc(NC(=O)c2ccc(NS(=O)(=O)c3ccccc3)cc2Cl)ccc1Br. The molecule has 3 aromatic carbocycles. The quantitative estimate of drug-likeness (QED) is 0.510. The van der Waals surface area contributed by atoms with Gasteiger partial charge in [-0.05, 0) is 61.0 Å². The molecule has 3 rings (SSSR count). The Morgan fingerprint density at radius 1 is 0.964 bits per heavy atom. The van der Waals surface area contributed by atoms with E-state index >= 15 is 0 Å². The Bertz CT molecular complexity index is 1140. The highest BCUT2D eigenvalue weighted by Crippen LogP contribution is 2.25. The Kier molecular flexibility index (Phi) is 6.07. The van der Waals surface area contributed by atoms with Crippen molar-refractivity contribution in [1.29, 1.82) is 0 Å². The second-order valence-electron chi connectivity index (χ2n) is 6.03. The van der Waals surface area contributed by atoms with Gasteiger partial charge in [-0.25, -0.2) is 8.42 Å². The maximum Gasteiger partial charge on any atom is 0.261 e. The highest BCUT2D eigenvalue weighted by molar-refractivity contribution is 9.10. The van der Waals surface area contributed by atoms with E-state index < -0.39 is 10.0 Å². The molecule has 3 aromatic rings. The first-order chi connectivity index (χ1) is 13.3. The normalized spacial score (nSPS) is 11.1. The largest absolute Gasteiger partial charge is 0.322 e. The topological polar surface area (TPSA) is 75.3 Å². The number of hydrogen-bond donors (Lipinski definition) is 2. The lowest BCUT2D eigenvalue weighted by atomic mass is 10.1. The van der Waals surface area contributed by atoms with Crippen LogP contribution in [0.15, 0.2) is 76.1 Å². The maximum absolute atomic E-state index is 12.5. The molecule has 28 heavy (non-hydrogen) atoms. The standard InChI is InChI=1S/C20H16BrClN2O3S/c1-13-11-14(8-10-18(13)21)23-20(25)17-9-7-15(12-19(17)22)24-28(26,27)16-5-3-2-4-6-16/h2-12,24H,1H3,(H,23,25). The smallest absolute Gasteiger partial charge is 0.261 e. The molecule has 0 unspecified atom stereocenters. The lowest BCUT2D eigenvalue weighted by molar-refractivity contribution is 0.102. The molecular weight excluding hydrogens is 464 g/mol. The Balaban J connectivity index is 1.78. The van der Waals surface area contributed by atoms with E-state index in [4.69, 9.17) is 11.6 Å². The summed E-state index contributed by atoms with van der Waals surface area (Å²) in [4.78, 5) is 12.6. The van der Waals surface area contributed by atoms with Crippen LogP contribution < -0.4 is 10.0 Å². The van der Waals surface area contributed by atoms with Crippen LogP contribution >= 0.6 is 27.5 Å². The molecule has 0 atom stereocenters. The third kappa shape index (κ3) is 4.73. The number of rotatable bonds is 5. The molecule has 0 saturated carbocycles. The first kappa shape index (κ1) is 20.4. The number of sulfonamides is 1. The van der Waals surface area contributed by atoms with Crippen molar-refractivity contribution in [3.63, 3.8) is 0 Å². The maximum atomic E-state index is 12.5. The molecule has 8 heteroatoms. The van der Waals surface area contributed by atoms with E-state index in [1.165, 1.54) is 30.3 Å². The van der Waals surface area contributed by atoms with Gasteiger partial charge in [0.05, 0.1) is 21.2 Å². The molecule has 0 aliphatic heterocycles. The molecule has 1 amide bonds. The second kappa shape index (κ2) is 8.34. The monoisotopic (exact) mass is 478 g/mol. The van der Waals surface area contributed by atoms with Crippen LogP contribution in [0.5, 0.6) is 0 Å². The van der Waals surface area contributed by atoms with Gasteiger partial charge in [-0.15, -0.1) is 0 Å². The van der Waals surface area contributed by atoms with Crippen molar-refractivity contribution in [3.05, 3.63) is 87.4 Å². The second-order valence-corrected chi connectivity index (χ2v) is 8.98. The van der Waals surface area contributed by atoms with E-state index in [2.05, 4.69) is 26.0 Å². The summed E-state index contributed by atoms with van der Waals surface area (Å²) < 4.78 is 28.2. The number of nitrogens with one attached hydrogen (secondary N) is 2. The fourth-order valence-corrected chi connectivity index (χ4v) is 4.08. The van der Waals surface area contributed by atoms with Gasteiger partial charge in [-0.1, -0.05) is 45.7 Å². The predicted octanol–water partition coefficient (Wildman–Crippen LogP) is 5.46. The molecule has 0 saturated heterocycles. The number of hydrogen-bond acceptors (Lipinski definition) is 3. The highest BCUT2D eigenvalue weighted by atomic mass is 79.9. The van der Waals surface area contributed by atoms with Crippen molar-refractivity contribution in [2.75, 3.05) is 10.0 Å². The zero-order chi connectivity index (χ0) is 20.3. The van der Waals surface area contributed by atoms with Gasteiger partial charge in [0, 0.05) is 10.2 Å². The van der Waals surface area contributed by atoms with E-state index in [1.54, 1.807) is 24.3 Å². The van der Waals surface area contributed by atoms with Crippen molar-refractivity contribution in [1.82, 2.24) is 0 Å². The average molecular weight is 480 g/mol. The summed E-state index contributed by atoms with van der Waals surface area (Å²) in [5, 5.41) is 2.92. The van der Waals surface area contributed by atoms with Gasteiger partial charge in [-0.3, -0.25) is 9.52 Å². The van der Waals surface area contributed by atoms with Crippen LogP contribution in [0.1, 0.15) is 15.9 Å². The van der Waals surface area contributed by atoms with Crippen LogP contribution in [0.3, 0.4) is 0 Å². The Morgan fingerprint density at radius 3 is 2.29 bits per heavy atom. The highest BCUT2D eigenvalue weighted by Gasteiger charge is 2.16. The van der Waals surface area contributed by atoms with Crippen molar-refractivity contribution >= 4 is 54.8 Å². The number of carbonyl (C=O) groups is 1. The van der Waals surface area contributed by atoms with Crippen LogP contribution in [-0.4, -0.2) is 14.3 Å². The minimum Gasteiger partial charge on any atom is -0.322 e. The van der Waals surface area contributed by atoms with Crippen molar-refractivity contribution in [3.8, 4) is 0 Å². The molecule has 0 aromatic heterocycles.